The Bertz CT molecular complexity index is 1330. The minimum Gasteiger partial charge on any atom is -0.494 e. The van der Waals surface area contributed by atoms with Crippen molar-refractivity contribution in [3.63, 3.8) is 0 Å². The fourth-order valence-corrected chi connectivity index (χ4v) is 4.76. The molecule has 2 heterocycles. The van der Waals surface area contributed by atoms with Crippen LogP contribution in [-0.4, -0.2) is 28.6 Å². The fourth-order valence-electron chi connectivity index (χ4n) is 4.51. The van der Waals surface area contributed by atoms with Crippen LogP contribution < -0.4 is 9.64 Å². The van der Waals surface area contributed by atoms with Crippen LogP contribution in [0.4, 0.5) is 5.69 Å². The van der Waals surface area contributed by atoms with Gasteiger partial charge < -0.3 is 14.2 Å². The molecule has 3 aromatic carbocycles. The van der Waals surface area contributed by atoms with Crippen LogP contribution in [0.1, 0.15) is 30.1 Å². The highest BCUT2D eigenvalue weighted by Crippen LogP contribution is 2.33. The van der Waals surface area contributed by atoms with Crippen molar-refractivity contribution in [3.05, 3.63) is 88.2 Å². The van der Waals surface area contributed by atoms with Gasteiger partial charge in [-0.05, 0) is 73.5 Å². The summed E-state index contributed by atoms with van der Waals surface area (Å²) >= 11 is 12.1. The van der Waals surface area contributed by atoms with E-state index in [-0.39, 0.29) is 11.8 Å². The van der Waals surface area contributed by atoms with Gasteiger partial charge in [0, 0.05) is 41.2 Å². The van der Waals surface area contributed by atoms with Gasteiger partial charge in [-0.25, -0.2) is 4.98 Å². The molecule has 1 saturated heterocycles. The summed E-state index contributed by atoms with van der Waals surface area (Å²) in [7, 11) is 0. The number of hydrogen-bond acceptors (Lipinski definition) is 3. The molecular formula is C27H25Cl2N3O2. The molecule has 0 aliphatic carbocycles. The number of carbonyl (C=O) groups excluding carboxylic acids is 1. The molecule has 34 heavy (non-hydrogen) atoms. The van der Waals surface area contributed by atoms with Crippen molar-refractivity contribution < 1.29 is 9.53 Å². The number of rotatable bonds is 7. The Morgan fingerprint density at radius 1 is 1.06 bits per heavy atom. The lowest BCUT2D eigenvalue weighted by molar-refractivity contribution is -0.117. The average Bonchev–Trinajstić information content (AvgIpc) is 3.40. The fraction of sp³-hybridized carbons (Fsp3) is 0.259. The quantitative estimate of drug-likeness (QED) is 0.271. The highest BCUT2D eigenvalue weighted by Gasteiger charge is 2.34. The van der Waals surface area contributed by atoms with Crippen LogP contribution in [0.2, 0.25) is 10.0 Å². The maximum absolute atomic E-state index is 12.9. The van der Waals surface area contributed by atoms with Crippen LogP contribution in [-0.2, 0) is 11.3 Å². The molecule has 5 nitrogen and oxygen atoms in total. The van der Waals surface area contributed by atoms with Crippen molar-refractivity contribution in [1.29, 1.82) is 0 Å². The summed E-state index contributed by atoms with van der Waals surface area (Å²) in [6.07, 6.45) is 1.25. The maximum atomic E-state index is 12.9. The molecular weight excluding hydrogens is 469 g/mol. The molecule has 0 unspecified atom stereocenters. The number of para-hydroxylation sites is 2. The van der Waals surface area contributed by atoms with Gasteiger partial charge in [0.25, 0.3) is 0 Å². The Morgan fingerprint density at radius 3 is 2.65 bits per heavy atom. The molecule has 1 amide bonds. The Hall–Kier alpha value is -3.02. The summed E-state index contributed by atoms with van der Waals surface area (Å²) in [4.78, 5) is 19.6. The predicted octanol–water partition coefficient (Wildman–Crippen LogP) is 6.64. The van der Waals surface area contributed by atoms with Gasteiger partial charge in [0.15, 0.2) is 0 Å². The third-order valence-electron chi connectivity index (χ3n) is 6.24. The zero-order valence-corrected chi connectivity index (χ0v) is 20.4. The SMILES string of the molecule is Cc1cc(OCCCn2c([C@H]3CC(=O)N(c4ccc(Cl)cc4)C3)nc3ccccc32)ccc1Cl. The summed E-state index contributed by atoms with van der Waals surface area (Å²) in [5, 5.41) is 1.39. The number of amides is 1. The van der Waals surface area contributed by atoms with E-state index in [0.29, 0.717) is 24.6 Å². The number of fused-ring (bicyclic) bond motifs is 1. The molecule has 1 atom stereocenters. The molecule has 0 bridgehead atoms. The van der Waals surface area contributed by atoms with Crippen LogP contribution in [0.15, 0.2) is 66.7 Å². The van der Waals surface area contributed by atoms with Crippen molar-refractivity contribution in [2.45, 2.75) is 32.2 Å². The minimum absolute atomic E-state index is 0.0235. The normalized spacial score (nSPS) is 15.9. The molecule has 0 radical (unpaired) electrons. The van der Waals surface area contributed by atoms with Crippen molar-refractivity contribution in [2.75, 3.05) is 18.1 Å². The first kappa shape index (κ1) is 22.8. The molecule has 4 aromatic rings. The van der Waals surface area contributed by atoms with Crippen molar-refractivity contribution in [3.8, 4) is 5.75 Å². The Morgan fingerprint density at radius 2 is 1.85 bits per heavy atom. The number of benzene rings is 3. The number of hydrogen-bond donors (Lipinski definition) is 0. The lowest BCUT2D eigenvalue weighted by Crippen LogP contribution is -2.24. The van der Waals surface area contributed by atoms with E-state index in [1.165, 1.54) is 0 Å². The van der Waals surface area contributed by atoms with Gasteiger partial charge in [-0.3, -0.25) is 4.79 Å². The minimum atomic E-state index is 0.0235. The number of carbonyl (C=O) groups is 1. The van der Waals surface area contributed by atoms with E-state index in [1.807, 2.05) is 72.5 Å². The molecule has 1 fully saturated rings. The van der Waals surface area contributed by atoms with E-state index in [2.05, 4.69) is 10.6 Å². The summed E-state index contributed by atoms with van der Waals surface area (Å²) in [5.74, 6) is 1.90. The van der Waals surface area contributed by atoms with Gasteiger partial charge in [0.05, 0.1) is 17.6 Å². The molecule has 1 aliphatic heterocycles. The average molecular weight is 494 g/mol. The topological polar surface area (TPSA) is 47.4 Å². The second kappa shape index (κ2) is 9.69. The Balaban J connectivity index is 1.33. The van der Waals surface area contributed by atoms with Gasteiger partial charge in [-0.2, -0.15) is 0 Å². The highest BCUT2D eigenvalue weighted by molar-refractivity contribution is 6.31. The Kier molecular flexibility index (Phi) is 6.48. The molecule has 0 N–H and O–H groups in total. The molecule has 174 valence electrons. The highest BCUT2D eigenvalue weighted by atomic mass is 35.5. The number of aryl methyl sites for hydroxylation is 2. The number of imidazole rings is 1. The summed E-state index contributed by atoms with van der Waals surface area (Å²) in [6, 6.07) is 21.2. The zero-order chi connectivity index (χ0) is 23.7. The van der Waals surface area contributed by atoms with E-state index in [9.17, 15) is 4.79 Å². The first-order chi connectivity index (χ1) is 16.5. The first-order valence-electron chi connectivity index (χ1n) is 11.4. The van der Waals surface area contributed by atoms with E-state index >= 15 is 0 Å². The molecule has 0 spiro atoms. The second-order valence-corrected chi connectivity index (χ2v) is 9.45. The maximum Gasteiger partial charge on any atom is 0.227 e. The van der Waals surface area contributed by atoms with Gasteiger partial charge in [0.2, 0.25) is 5.91 Å². The molecule has 5 rings (SSSR count). The van der Waals surface area contributed by atoms with Gasteiger partial charge in [0.1, 0.15) is 11.6 Å². The second-order valence-electron chi connectivity index (χ2n) is 8.61. The number of nitrogens with zero attached hydrogens (tertiary/aromatic N) is 3. The van der Waals surface area contributed by atoms with Crippen molar-refractivity contribution >= 4 is 45.8 Å². The monoisotopic (exact) mass is 493 g/mol. The van der Waals surface area contributed by atoms with Gasteiger partial charge in [-0.1, -0.05) is 35.3 Å². The van der Waals surface area contributed by atoms with Crippen molar-refractivity contribution in [1.82, 2.24) is 9.55 Å². The Labute approximate surface area is 208 Å². The van der Waals surface area contributed by atoms with E-state index in [4.69, 9.17) is 32.9 Å². The van der Waals surface area contributed by atoms with Crippen LogP contribution in [0, 0.1) is 6.92 Å². The smallest absolute Gasteiger partial charge is 0.227 e. The number of ether oxygens (including phenoxy) is 1. The molecule has 1 aliphatic rings. The molecule has 0 saturated carbocycles. The van der Waals surface area contributed by atoms with Crippen molar-refractivity contribution in [2.24, 2.45) is 0 Å². The van der Waals surface area contributed by atoms with E-state index in [0.717, 1.165) is 51.8 Å². The lowest BCUT2D eigenvalue weighted by atomic mass is 10.1. The molecule has 7 heteroatoms. The summed E-state index contributed by atoms with van der Waals surface area (Å²) < 4.78 is 8.20. The summed E-state index contributed by atoms with van der Waals surface area (Å²) in [6.45, 7) is 3.90. The van der Waals surface area contributed by atoms with Gasteiger partial charge >= 0.3 is 0 Å². The molecule has 1 aromatic heterocycles. The third-order valence-corrected chi connectivity index (χ3v) is 6.91. The van der Waals surface area contributed by atoms with Crippen LogP contribution in [0.25, 0.3) is 11.0 Å². The van der Waals surface area contributed by atoms with Crippen LogP contribution in [0.3, 0.4) is 0 Å². The zero-order valence-electron chi connectivity index (χ0n) is 18.9. The predicted molar refractivity (Wildman–Crippen MR) is 137 cm³/mol. The lowest BCUT2D eigenvalue weighted by Gasteiger charge is -2.17. The van der Waals surface area contributed by atoms with E-state index < -0.39 is 0 Å². The van der Waals surface area contributed by atoms with Crippen LogP contribution in [0.5, 0.6) is 5.75 Å². The third kappa shape index (κ3) is 4.63. The summed E-state index contributed by atoms with van der Waals surface area (Å²) in [5.41, 5.74) is 3.89. The number of anilines is 1. The van der Waals surface area contributed by atoms with E-state index in [1.54, 1.807) is 0 Å². The number of halogens is 2. The largest absolute Gasteiger partial charge is 0.494 e. The first-order valence-corrected chi connectivity index (χ1v) is 12.2. The van der Waals surface area contributed by atoms with Crippen LogP contribution >= 0.6 is 23.2 Å². The van der Waals surface area contributed by atoms with Gasteiger partial charge in [-0.15, -0.1) is 0 Å². The standard InChI is InChI=1S/C27H25Cl2N3O2/c1-18-15-22(11-12-23(18)29)34-14-4-13-31-25-6-3-2-5-24(25)30-27(31)19-16-26(33)32(17-19)21-9-7-20(28)8-10-21/h2-3,5-12,15,19H,4,13-14,16-17H2,1H3/t19-/m0/s1. The number of aromatic nitrogens is 2.